The highest BCUT2D eigenvalue weighted by atomic mass is 32.2. The van der Waals surface area contributed by atoms with Crippen LogP contribution >= 0.6 is 0 Å². The number of aromatic nitrogens is 1. The Morgan fingerprint density at radius 1 is 1.29 bits per heavy atom. The maximum Gasteiger partial charge on any atom is 0.282 e. The third-order valence-corrected chi connectivity index (χ3v) is 5.75. The largest absolute Gasteiger partial charge is 0.357 e. The van der Waals surface area contributed by atoms with Gasteiger partial charge in [0.2, 0.25) is 0 Å². The Morgan fingerprint density at radius 3 is 2.71 bits per heavy atom. The molecular formula is C14H18FN3O2S. The first-order valence-corrected chi connectivity index (χ1v) is 8.35. The van der Waals surface area contributed by atoms with E-state index in [0.717, 1.165) is 29.4 Å². The molecule has 1 saturated heterocycles. The minimum atomic E-state index is -3.41. The molecule has 7 heteroatoms. The zero-order valence-corrected chi connectivity index (χ0v) is 12.7. The van der Waals surface area contributed by atoms with Crippen molar-refractivity contribution in [3.8, 4) is 0 Å². The number of halogens is 1. The van der Waals surface area contributed by atoms with Gasteiger partial charge in [0.25, 0.3) is 10.2 Å². The van der Waals surface area contributed by atoms with E-state index in [9.17, 15) is 12.8 Å². The number of rotatable bonds is 4. The number of fused-ring (bicyclic) bond motifs is 1. The van der Waals surface area contributed by atoms with Crippen LogP contribution in [0.15, 0.2) is 24.3 Å². The van der Waals surface area contributed by atoms with E-state index in [1.54, 1.807) is 19.2 Å². The second-order valence-electron chi connectivity index (χ2n) is 5.40. The highest BCUT2D eigenvalue weighted by molar-refractivity contribution is 7.86. The number of H-pyrrole nitrogens is 1. The zero-order valence-electron chi connectivity index (χ0n) is 11.8. The summed E-state index contributed by atoms with van der Waals surface area (Å²) < 4.78 is 40.8. The Labute approximate surface area is 123 Å². The Kier molecular flexibility index (Phi) is 3.73. The van der Waals surface area contributed by atoms with Gasteiger partial charge >= 0.3 is 0 Å². The lowest BCUT2D eigenvalue weighted by Gasteiger charge is -2.23. The SMILES string of the molecule is CN(Cc1cc2cc(F)ccc2[nH]1)S(=O)(=O)N1CCCC1. The molecule has 0 spiro atoms. The van der Waals surface area contributed by atoms with Gasteiger partial charge < -0.3 is 4.98 Å². The van der Waals surface area contributed by atoms with Crippen LogP contribution in [0.1, 0.15) is 18.5 Å². The van der Waals surface area contributed by atoms with Crippen molar-refractivity contribution in [2.24, 2.45) is 0 Å². The topological polar surface area (TPSA) is 56.4 Å². The van der Waals surface area contributed by atoms with Crippen molar-refractivity contribution in [2.75, 3.05) is 20.1 Å². The number of hydrogen-bond donors (Lipinski definition) is 1. The smallest absolute Gasteiger partial charge is 0.282 e. The average Bonchev–Trinajstić information content (AvgIpc) is 3.06. The summed E-state index contributed by atoms with van der Waals surface area (Å²) in [6.45, 7) is 1.42. The molecule has 0 amide bonds. The Bertz CT molecular complexity index is 751. The predicted octanol–water partition coefficient (Wildman–Crippen LogP) is 2.08. The fourth-order valence-corrected chi connectivity index (χ4v) is 4.10. The molecule has 0 aliphatic carbocycles. The molecule has 0 bridgehead atoms. The van der Waals surface area contributed by atoms with Crippen LogP contribution in [0.5, 0.6) is 0 Å². The van der Waals surface area contributed by atoms with Gasteiger partial charge in [-0.25, -0.2) is 4.39 Å². The van der Waals surface area contributed by atoms with Crippen LogP contribution in [-0.4, -0.2) is 42.1 Å². The van der Waals surface area contributed by atoms with Crippen molar-refractivity contribution in [1.82, 2.24) is 13.6 Å². The van der Waals surface area contributed by atoms with Crippen LogP contribution in [0.4, 0.5) is 4.39 Å². The van der Waals surface area contributed by atoms with Crippen molar-refractivity contribution in [2.45, 2.75) is 19.4 Å². The predicted molar refractivity (Wildman–Crippen MR) is 79.5 cm³/mol. The van der Waals surface area contributed by atoms with Gasteiger partial charge in [-0.05, 0) is 37.1 Å². The Hall–Kier alpha value is -1.44. The minimum Gasteiger partial charge on any atom is -0.357 e. The molecule has 0 atom stereocenters. The molecular weight excluding hydrogens is 293 g/mol. The quantitative estimate of drug-likeness (QED) is 0.940. The summed E-state index contributed by atoms with van der Waals surface area (Å²) in [5.41, 5.74) is 1.55. The van der Waals surface area contributed by atoms with Gasteiger partial charge in [-0.2, -0.15) is 17.0 Å². The van der Waals surface area contributed by atoms with Gasteiger partial charge in [-0.15, -0.1) is 0 Å². The van der Waals surface area contributed by atoms with Crippen molar-refractivity contribution in [3.63, 3.8) is 0 Å². The second kappa shape index (κ2) is 5.40. The molecule has 1 aromatic heterocycles. The van der Waals surface area contributed by atoms with E-state index in [1.807, 2.05) is 0 Å². The molecule has 1 aromatic carbocycles. The number of benzene rings is 1. The Morgan fingerprint density at radius 2 is 2.00 bits per heavy atom. The number of aromatic amines is 1. The van der Waals surface area contributed by atoms with Crippen molar-refractivity contribution < 1.29 is 12.8 Å². The molecule has 0 saturated carbocycles. The molecule has 5 nitrogen and oxygen atoms in total. The maximum absolute atomic E-state index is 13.2. The molecule has 2 heterocycles. The fourth-order valence-electron chi connectivity index (χ4n) is 2.69. The summed E-state index contributed by atoms with van der Waals surface area (Å²) in [6.07, 6.45) is 1.83. The standard InChI is InChI=1S/C14H18FN3O2S/c1-17(21(19,20)18-6-2-3-7-18)10-13-9-11-8-12(15)4-5-14(11)16-13/h4-5,8-9,16H,2-3,6-7,10H2,1H3. The van der Waals surface area contributed by atoms with Gasteiger partial charge in [-0.3, -0.25) is 0 Å². The Balaban J connectivity index is 1.80. The van der Waals surface area contributed by atoms with Crippen LogP contribution in [0.25, 0.3) is 10.9 Å². The molecule has 1 aliphatic heterocycles. The molecule has 1 N–H and O–H groups in total. The van der Waals surface area contributed by atoms with E-state index in [4.69, 9.17) is 0 Å². The lowest BCUT2D eigenvalue weighted by molar-refractivity contribution is 0.390. The summed E-state index contributed by atoms with van der Waals surface area (Å²) in [7, 11) is -1.84. The fraction of sp³-hybridized carbons (Fsp3) is 0.429. The van der Waals surface area contributed by atoms with Gasteiger partial charge in [0, 0.05) is 36.7 Å². The summed E-state index contributed by atoms with van der Waals surface area (Å²) in [5.74, 6) is -0.300. The zero-order chi connectivity index (χ0) is 15.0. The van der Waals surface area contributed by atoms with Crippen molar-refractivity contribution in [1.29, 1.82) is 0 Å². The van der Waals surface area contributed by atoms with E-state index in [1.165, 1.54) is 20.7 Å². The van der Waals surface area contributed by atoms with E-state index >= 15 is 0 Å². The van der Waals surface area contributed by atoms with E-state index < -0.39 is 10.2 Å². The van der Waals surface area contributed by atoms with Crippen LogP contribution in [0, 0.1) is 5.82 Å². The number of hydrogen-bond acceptors (Lipinski definition) is 2. The summed E-state index contributed by atoms with van der Waals surface area (Å²) in [5, 5.41) is 0.747. The second-order valence-corrected chi connectivity index (χ2v) is 7.43. The lowest BCUT2D eigenvalue weighted by Crippen LogP contribution is -2.39. The lowest BCUT2D eigenvalue weighted by atomic mass is 10.2. The van der Waals surface area contributed by atoms with Crippen LogP contribution in [0.2, 0.25) is 0 Å². The van der Waals surface area contributed by atoms with Crippen LogP contribution < -0.4 is 0 Å². The molecule has 114 valence electrons. The summed E-state index contributed by atoms with van der Waals surface area (Å²) >= 11 is 0. The minimum absolute atomic E-state index is 0.245. The highest BCUT2D eigenvalue weighted by Gasteiger charge is 2.29. The third kappa shape index (κ3) is 2.81. The molecule has 21 heavy (non-hydrogen) atoms. The molecule has 1 fully saturated rings. The first kappa shape index (κ1) is 14.5. The van der Waals surface area contributed by atoms with Gasteiger partial charge in [0.1, 0.15) is 5.82 Å². The van der Waals surface area contributed by atoms with Crippen molar-refractivity contribution >= 4 is 21.1 Å². The van der Waals surface area contributed by atoms with E-state index in [-0.39, 0.29) is 12.4 Å². The first-order chi connectivity index (χ1) is 9.96. The maximum atomic E-state index is 13.2. The molecule has 2 aromatic rings. The number of nitrogens with one attached hydrogen (secondary N) is 1. The normalized spacial score (nSPS) is 17.1. The third-order valence-electron chi connectivity index (χ3n) is 3.82. The monoisotopic (exact) mass is 311 g/mol. The summed E-state index contributed by atoms with van der Waals surface area (Å²) in [4.78, 5) is 3.13. The molecule has 0 unspecified atom stereocenters. The van der Waals surface area contributed by atoms with Gasteiger partial charge in [-0.1, -0.05) is 0 Å². The van der Waals surface area contributed by atoms with E-state index in [0.29, 0.717) is 13.1 Å². The molecule has 0 radical (unpaired) electrons. The van der Waals surface area contributed by atoms with Gasteiger partial charge in [0.15, 0.2) is 0 Å². The molecule has 1 aliphatic rings. The first-order valence-electron chi connectivity index (χ1n) is 6.95. The molecule has 3 rings (SSSR count). The number of nitrogens with zero attached hydrogens (tertiary/aromatic N) is 2. The highest BCUT2D eigenvalue weighted by Crippen LogP contribution is 2.20. The van der Waals surface area contributed by atoms with Gasteiger partial charge in [0.05, 0.1) is 6.54 Å². The van der Waals surface area contributed by atoms with Crippen LogP contribution in [-0.2, 0) is 16.8 Å². The van der Waals surface area contributed by atoms with Crippen molar-refractivity contribution in [3.05, 3.63) is 35.8 Å². The average molecular weight is 311 g/mol. The van der Waals surface area contributed by atoms with Crippen LogP contribution in [0.3, 0.4) is 0 Å². The summed E-state index contributed by atoms with van der Waals surface area (Å²) in [6, 6.07) is 6.26. The van der Waals surface area contributed by atoms with E-state index in [2.05, 4.69) is 4.98 Å².